The summed E-state index contributed by atoms with van der Waals surface area (Å²) in [6.07, 6.45) is 3.84. The topological polar surface area (TPSA) is 43.6 Å². The van der Waals surface area contributed by atoms with Crippen LogP contribution >= 0.6 is 15.9 Å². The number of nitrogens with zero attached hydrogens (tertiary/aromatic N) is 4. The van der Waals surface area contributed by atoms with E-state index in [1.165, 1.54) is 0 Å². The zero-order valence-electron chi connectivity index (χ0n) is 11.1. The summed E-state index contributed by atoms with van der Waals surface area (Å²) in [6, 6.07) is 1.92. The molecule has 0 fully saturated rings. The van der Waals surface area contributed by atoms with Gasteiger partial charge in [0.25, 0.3) is 0 Å². The Morgan fingerprint density at radius 1 is 1.28 bits per heavy atom. The molecule has 5 heteroatoms. The lowest BCUT2D eigenvalue weighted by Gasteiger charge is -2.17. The summed E-state index contributed by atoms with van der Waals surface area (Å²) in [5.74, 6) is 0.830. The van der Waals surface area contributed by atoms with Crippen molar-refractivity contribution in [2.45, 2.75) is 39.7 Å². The van der Waals surface area contributed by atoms with E-state index < -0.39 is 0 Å². The molecule has 0 aliphatic carbocycles. The molecule has 96 valence electrons. The molecule has 0 unspecified atom stereocenters. The minimum absolute atomic E-state index is 0.0702. The molecule has 2 aromatic rings. The van der Waals surface area contributed by atoms with Crippen LogP contribution in [0.25, 0.3) is 11.3 Å². The average Bonchev–Trinajstić information content (AvgIpc) is 2.75. The van der Waals surface area contributed by atoms with Crippen molar-refractivity contribution in [2.75, 3.05) is 0 Å². The molecule has 0 aliphatic heterocycles. The lowest BCUT2D eigenvalue weighted by molar-refractivity contribution is 0.544. The number of hydrogen-bond acceptors (Lipinski definition) is 3. The molecule has 0 radical (unpaired) electrons. The van der Waals surface area contributed by atoms with Crippen molar-refractivity contribution < 1.29 is 0 Å². The van der Waals surface area contributed by atoms with Crippen LogP contribution in [0.15, 0.2) is 23.1 Å². The highest BCUT2D eigenvalue weighted by Gasteiger charge is 2.19. The van der Waals surface area contributed by atoms with Crippen LogP contribution in [-0.4, -0.2) is 19.7 Å². The Hall–Kier alpha value is -1.23. The van der Waals surface area contributed by atoms with Crippen LogP contribution in [0.3, 0.4) is 0 Å². The fraction of sp³-hybridized carbons (Fsp3) is 0.462. The highest BCUT2D eigenvalue weighted by atomic mass is 79.9. The summed E-state index contributed by atoms with van der Waals surface area (Å²) in [4.78, 5) is 9.06. The van der Waals surface area contributed by atoms with Gasteiger partial charge in [-0.15, -0.1) is 0 Å². The molecule has 0 saturated carbocycles. The van der Waals surface area contributed by atoms with Crippen molar-refractivity contribution in [3.05, 3.63) is 28.9 Å². The Morgan fingerprint density at radius 2 is 2.00 bits per heavy atom. The van der Waals surface area contributed by atoms with E-state index in [0.29, 0.717) is 0 Å². The van der Waals surface area contributed by atoms with Gasteiger partial charge in [-0.25, -0.2) is 9.97 Å². The first kappa shape index (κ1) is 13.2. The van der Waals surface area contributed by atoms with Crippen molar-refractivity contribution >= 4 is 15.9 Å². The van der Waals surface area contributed by atoms with E-state index >= 15 is 0 Å². The minimum atomic E-state index is -0.0702. The molecule has 0 N–H and O–H groups in total. The first-order chi connectivity index (χ1) is 8.40. The Labute approximate surface area is 116 Å². The van der Waals surface area contributed by atoms with Gasteiger partial charge in [0.15, 0.2) is 0 Å². The predicted octanol–water partition coefficient (Wildman–Crippen LogP) is 3.42. The normalized spacial score (nSPS) is 11.8. The molecule has 0 aromatic carbocycles. The van der Waals surface area contributed by atoms with Crippen LogP contribution in [0.2, 0.25) is 0 Å². The molecule has 2 heterocycles. The van der Waals surface area contributed by atoms with Gasteiger partial charge in [0, 0.05) is 23.7 Å². The maximum Gasteiger partial charge on any atom is 0.135 e. The summed E-state index contributed by atoms with van der Waals surface area (Å²) in [6.45, 7) is 9.24. The molecule has 0 aliphatic rings. The zero-order valence-corrected chi connectivity index (χ0v) is 12.7. The van der Waals surface area contributed by atoms with Crippen molar-refractivity contribution in [3.63, 3.8) is 0 Å². The molecule has 18 heavy (non-hydrogen) atoms. The van der Waals surface area contributed by atoms with Gasteiger partial charge >= 0.3 is 0 Å². The van der Waals surface area contributed by atoms with Crippen molar-refractivity contribution in [2.24, 2.45) is 0 Å². The first-order valence-corrected chi connectivity index (χ1v) is 6.77. The summed E-state index contributed by atoms with van der Waals surface area (Å²) in [5.41, 5.74) is 1.85. The van der Waals surface area contributed by atoms with Gasteiger partial charge in [-0.05, 0) is 28.9 Å². The number of halogens is 1. The molecular formula is C13H17BrN4. The zero-order chi connectivity index (χ0) is 13.3. The van der Waals surface area contributed by atoms with Gasteiger partial charge in [0.1, 0.15) is 10.4 Å². The third-order valence-electron chi connectivity index (χ3n) is 2.62. The van der Waals surface area contributed by atoms with Crippen LogP contribution < -0.4 is 0 Å². The Bertz CT molecular complexity index is 554. The standard InChI is InChI=1S/C13H17BrN4/c1-5-18-8-9(7-15-18)10-6-11(14)17-12(16-10)13(2,3)4/h6-8H,5H2,1-4H3. The monoisotopic (exact) mass is 308 g/mol. The number of aryl methyl sites for hydroxylation is 1. The smallest absolute Gasteiger partial charge is 0.135 e. The third kappa shape index (κ3) is 2.77. The molecule has 2 rings (SSSR count). The number of aromatic nitrogens is 4. The van der Waals surface area contributed by atoms with Crippen LogP contribution in [0, 0.1) is 0 Å². The first-order valence-electron chi connectivity index (χ1n) is 5.98. The fourth-order valence-electron chi connectivity index (χ4n) is 1.57. The Balaban J connectivity index is 2.48. The van der Waals surface area contributed by atoms with E-state index in [9.17, 15) is 0 Å². The summed E-state index contributed by atoms with van der Waals surface area (Å²) < 4.78 is 2.70. The van der Waals surface area contributed by atoms with Crippen LogP contribution in [0.4, 0.5) is 0 Å². The van der Waals surface area contributed by atoms with Gasteiger partial charge in [0.2, 0.25) is 0 Å². The van der Waals surface area contributed by atoms with E-state index in [0.717, 1.165) is 28.2 Å². The second-order valence-corrected chi connectivity index (χ2v) is 6.05. The summed E-state index contributed by atoms with van der Waals surface area (Å²) in [7, 11) is 0. The predicted molar refractivity (Wildman–Crippen MR) is 75.3 cm³/mol. The van der Waals surface area contributed by atoms with Gasteiger partial charge in [-0.1, -0.05) is 20.8 Å². The quantitative estimate of drug-likeness (QED) is 0.798. The lowest BCUT2D eigenvalue weighted by Crippen LogP contribution is -2.16. The molecule has 0 amide bonds. The highest BCUT2D eigenvalue weighted by molar-refractivity contribution is 9.10. The van der Waals surface area contributed by atoms with E-state index in [4.69, 9.17) is 0 Å². The minimum Gasteiger partial charge on any atom is -0.272 e. The highest BCUT2D eigenvalue weighted by Crippen LogP contribution is 2.25. The maximum atomic E-state index is 4.63. The average molecular weight is 309 g/mol. The number of rotatable bonds is 2. The molecule has 0 bridgehead atoms. The lowest BCUT2D eigenvalue weighted by atomic mass is 9.95. The van der Waals surface area contributed by atoms with Gasteiger partial charge in [0.05, 0.1) is 11.9 Å². The van der Waals surface area contributed by atoms with E-state index in [2.05, 4.69) is 58.7 Å². The molecule has 0 spiro atoms. The van der Waals surface area contributed by atoms with Crippen LogP contribution in [0.1, 0.15) is 33.5 Å². The summed E-state index contributed by atoms with van der Waals surface area (Å²) in [5, 5.41) is 4.27. The fourth-order valence-corrected chi connectivity index (χ4v) is 1.95. The largest absolute Gasteiger partial charge is 0.272 e. The van der Waals surface area contributed by atoms with Crippen molar-refractivity contribution in [1.82, 2.24) is 19.7 Å². The van der Waals surface area contributed by atoms with E-state index in [1.807, 2.05) is 23.1 Å². The van der Waals surface area contributed by atoms with Gasteiger partial charge in [-0.3, -0.25) is 4.68 Å². The van der Waals surface area contributed by atoms with Gasteiger partial charge in [-0.2, -0.15) is 5.10 Å². The molecule has 0 atom stereocenters. The third-order valence-corrected chi connectivity index (χ3v) is 3.02. The van der Waals surface area contributed by atoms with Crippen LogP contribution in [0.5, 0.6) is 0 Å². The molecular weight excluding hydrogens is 292 g/mol. The van der Waals surface area contributed by atoms with E-state index in [1.54, 1.807) is 0 Å². The molecule has 4 nitrogen and oxygen atoms in total. The maximum absolute atomic E-state index is 4.63. The van der Waals surface area contributed by atoms with Crippen LogP contribution in [-0.2, 0) is 12.0 Å². The molecule has 0 saturated heterocycles. The second-order valence-electron chi connectivity index (χ2n) is 5.23. The Morgan fingerprint density at radius 3 is 2.56 bits per heavy atom. The second kappa shape index (κ2) is 4.80. The number of hydrogen-bond donors (Lipinski definition) is 0. The molecule has 2 aromatic heterocycles. The van der Waals surface area contributed by atoms with E-state index in [-0.39, 0.29) is 5.41 Å². The summed E-state index contributed by atoms with van der Waals surface area (Å²) >= 11 is 3.45. The SMILES string of the molecule is CCn1cc(-c2cc(Br)nc(C(C)(C)C)n2)cn1. The van der Waals surface area contributed by atoms with Crippen molar-refractivity contribution in [3.8, 4) is 11.3 Å². The Kier molecular flexibility index (Phi) is 3.52. The van der Waals surface area contributed by atoms with Crippen molar-refractivity contribution in [1.29, 1.82) is 0 Å². The van der Waals surface area contributed by atoms with Gasteiger partial charge < -0.3 is 0 Å².